The number of nitrogens with one attached hydrogen (secondary N) is 1. The monoisotopic (exact) mass is 242 g/mol. The molecule has 84 valence electrons. The van der Waals surface area contributed by atoms with Crippen LogP contribution < -0.4 is 11.1 Å². The molecule has 0 fully saturated rings. The Morgan fingerprint density at radius 1 is 1.43 bits per heavy atom. The van der Waals surface area contributed by atoms with Gasteiger partial charge in [-0.1, -0.05) is 0 Å². The topological polar surface area (TPSA) is 116 Å². The summed E-state index contributed by atoms with van der Waals surface area (Å²) in [6, 6.07) is -2.27. The predicted octanol–water partition coefficient (Wildman–Crippen LogP) is -2.15. The number of carbonyl (C=O) groups is 1. The molecule has 0 heterocycles. The first-order chi connectivity index (χ1) is 6.35. The summed E-state index contributed by atoms with van der Waals surface area (Å²) in [6.45, 7) is 0. The number of hydrogen-bond acceptors (Lipinski definition) is 7. The molecular formula is C6H14N2O4S2. The number of nitrogens with two attached hydrogens (primary N) is 1. The molecule has 0 aromatic heterocycles. The molecule has 0 bridgehead atoms. The molecule has 0 spiro atoms. The van der Waals surface area contributed by atoms with Crippen LogP contribution >= 0.6 is 25.3 Å². The first-order valence-electron chi connectivity index (χ1n) is 3.77. The Kier molecular flexibility index (Phi) is 5.79. The summed E-state index contributed by atoms with van der Waals surface area (Å²) in [5, 5.41) is 29.3. The van der Waals surface area contributed by atoms with Crippen LogP contribution in [0.3, 0.4) is 0 Å². The van der Waals surface area contributed by atoms with E-state index in [1.165, 1.54) is 0 Å². The molecule has 2 atom stereocenters. The Morgan fingerprint density at radius 2 is 1.93 bits per heavy atom. The number of aliphatic carboxylic acids is 1. The summed E-state index contributed by atoms with van der Waals surface area (Å²) in [6.07, 6.45) is 0. The number of hydrogen-bond donors (Lipinski definition) is 7. The molecule has 0 unspecified atom stereocenters. The van der Waals surface area contributed by atoms with Crippen molar-refractivity contribution in [3.05, 3.63) is 0 Å². The van der Waals surface area contributed by atoms with Gasteiger partial charge >= 0.3 is 5.97 Å². The highest BCUT2D eigenvalue weighted by Crippen LogP contribution is 2.04. The number of thiol groups is 2. The van der Waals surface area contributed by atoms with Crippen LogP contribution in [0.25, 0.3) is 0 Å². The van der Waals surface area contributed by atoms with Crippen molar-refractivity contribution in [2.75, 3.05) is 11.5 Å². The van der Waals surface area contributed by atoms with Crippen molar-refractivity contribution in [3.63, 3.8) is 0 Å². The average molecular weight is 242 g/mol. The van der Waals surface area contributed by atoms with E-state index < -0.39 is 24.0 Å². The van der Waals surface area contributed by atoms with Crippen molar-refractivity contribution in [3.8, 4) is 0 Å². The maximum atomic E-state index is 10.5. The molecule has 0 aliphatic heterocycles. The van der Waals surface area contributed by atoms with Gasteiger partial charge in [0.1, 0.15) is 6.04 Å². The number of aliphatic hydroxyl groups is 2. The molecule has 0 saturated heterocycles. The molecule has 0 amide bonds. The summed E-state index contributed by atoms with van der Waals surface area (Å²) in [5.41, 5.74) is 5.30. The molecule has 0 rings (SSSR count). The van der Waals surface area contributed by atoms with Crippen molar-refractivity contribution in [2.24, 2.45) is 5.73 Å². The van der Waals surface area contributed by atoms with Crippen LogP contribution in [-0.2, 0) is 4.79 Å². The van der Waals surface area contributed by atoms with Crippen LogP contribution in [0.4, 0.5) is 0 Å². The molecule has 6 N–H and O–H groups in total. The van der Waals surface area contributed by atoms with Crippen molar-refractivity contribution < 1.29 is 20.1 Å². The van der Waals surface area contributed by atoms with Gasteiger partial charge in [-0.05, 0) is 0 Å². The van der Waals surface area contributed by atoms with E-state index in [1.807, 2.05) is 0 Å². The molecule has 14 heavy (non-hydrogen) atoms. The standard InChI is InChI=1S/C6H14N2O4S2/c7-4(2-14)6(11,12)8-3(1-13)5(9)10/h3-4,8,11-14H,1-2,7H2,(H,9,10)/t3-,4-/m0/s1. The second kappa shape index (κ2) is 5.79. The molecule has 0 radical (unpaired) electrons. The fraction of sp³-hybridized carbons (Fsp3) is 0.833. The molecule has 0 saturated carbocycles. The molecular weight excluding hydrogens is 228 g/mol. The number of rotatable bonds is 6. The van der Waals surface area contributed by atoms with Gasteiger partial charge in [0.2, 0.25) is 5.91 Å². The van der Waals surface area contributed by atoms with Gasteiger partial charge in [-0.3, -0.25) is 10.1 Å². The first kappa shape index (κ1) is 14.0. The third kappa shape index (κ3) is 4.03. The Hall–Kier alpha value is 0.0100. The van der Waals surface area contributed by atoms with Crippen molar-refractivity contribution in [1.29, 1.82) is 0 Å². The lowest BCUT2D eigenvalue weighted by Crippen LogP contribution is -2.63. The van der Waals surface area contributed by atoms with Gasteiger partial charge < -0.3 is 21.1 Å². The fourth-order valence-electron chi connectivity index (χ4n) is 0.676. The first-order valence-corrected chi connectivity index (χ1v) is 5.04. The zero-order valence-corrected chi connectivity index (χ0v) is 9.08. The second-order valence-electron chi connectivity index (χ2n) is 2.73. The smallest absolute Gasteiger partial charge is 0.321 e. The lowest BCUT2D eigenvalue weighted by atomic mass is 10.2. The molecule has 6 nitrogen and oxygen atoms in total. The zero-order valence-electron chi connectivity index (χ0n) is 7.29. The van der Waals surface area contributed by atoms with Gasteiger partial charge in [-0.15, -0.1) is 0 Å². The summed E-state index contributed by atoms with van der Waals surface area (Å²) >= 11 is 7.50. The molecule has 0 aliphatic carbocycles. The highest BCUT2D eigenvalue weighted by atomic mass is 32.1. The summed E-state index contributed by atoms with van der Waals surface area (Å²) < 4.78 is 0. The Labute approximate surface area is 92.3 Å². The van der Waals surface area contributed by atoms with Gasteiger partial charge in [-0.2, -0.15) is 25.3 Å². The van der Waals surface area contributed by atoms with Crippen molar-refractivity contribution >= 4 is 31.2 Å². The van der Waals surface area contributed by atoms with Gasteiger partial charge in [-0.25, -0.2) is 0 Å². The number of carboxylic acids is 1. The highest BCUT2D eigenvalue weighted by Gasteiger charge is 2.35. The van der Waals surface area contributed by atoms with E-state index >= 15 is 0 Å². The largest absolute Gasteiger partial charge is 0.480 e. The van der Waals surface area contributed by atoms with Gasteiger partial charge in [0.15, 0.2) is 0 Å². The molecule has 0 aromatic rings. The van der Waals surface area contributed by atoms with Crippen LogP contribution in [0.5, 0.6) is 0 Å². The predicted molar refractivity (Wildman–Crippen MR) is 57.4 cm³/mol. The van der Waals surface area contributed by atoms with Gasteiger partial charge in [0, 0.05) is 11.5 Å². The van der Waals surface area contributed by atoms with E-state index in [-0.39, 0.29) is 11.5 Å². The third-order valence-electron chi connectivity index (χ3n) is 1.58. The van der Waals surface area contributed by atoms with Crippen molar-refractivity contribution in [1.82, 2.24) is 5.32 Å². The summed E-state index contributed by atoms with van der Waals surface area (Å²) in [7, 11) is 0. The number of carboxylic acid groups (broad SMARTS) is 1. The maximum Gasteiger partial charge on any atom is 0.321 e. The van der Waals surface area contributed by atoms with Gasteiger partial charge in [0.25, 0.3) is 0 Å². The van der Waals surface area contributed by atoms with E-state index in [2.05, 4.69) is 30.6 Å². The molecule has 0 aliphatic rings. The van der Waals surface area contributed by atoms with Crippen LogP contribution in [0.15, 0.2) is 0 Å². The summed E-state index contributed by atoms with van der Waals surface area (Å²) in [4.78, 5) is 10.5. The minimum Gasteiger partial charge on any atom is -0.480 e. The van der Waals surface area contributed by atoms with Gasteiger partial charge in [0.05, 0.1) is 6.04 Å². The van der Waals surface area contributed by atoms with Crippen LogP contribution in [-0.4, -0.2) is 50.8 Å². The maximum absolute atomic E-state index is 10.5. The zero-order chi connectivity index (χ0) is 11.4. The minimum atomic E-state index is -2.46. The van der Waals surface area contributed by atoms with E-state index in [0.29, 0.717) is 0 Å². The third-order valence-corrected chi connectivity index (χ3v) is 2.34. The lowest BCUT2D eigenvalue weighted by molar-refractivity contribution is -0.203. The van der Waals surface area contributed by atoms with Crippen LogP contribution in [0, 0.1) is 0 Å². The van der Waals surface area contributed by atoms with Crippen molar-refractivity contribution in [2.45, 2.75) is 18.0 Å². The normalized spacial score (nSPS) is 16.4. The van der Waals surface area contributed by atoms with Crippen LogP contribution in [0.2, 0.25) is 0 Å². The van der Waals surface area contributed by atoms with E-state index in [0.717, 1.165) is 0 Å². The van der Waals surface area contributed by atoms with E-state index in [1.54, 1.807) is 0 Å². The van der Waals surface area contributed by atoms with E-state index in [4.69, 9.17) is 10.8 Å². The Morgan fingerprint density at radius 3 is 2.21 bits per heavy atom. The summed E-state index contributed by atoms with van der Waals surface area (Å²) in [5.74, 6) is -3.79. The molecule has 0 aromatic carbocycles. The average Bonchev–Trinajstić information content (AvgIpc) is 2.12. The van der Waals surface area contributed by atoms with Crippen LogP contribution in [0.1, 0.15) is 0 Å². The highest BCUT2D eigenvalue weighted by molar-refractivity contribution is 7.80. The van der Waals surface area contributed by atoms with E-state index in [9.17, 15) is 15.0 Å². The molecule has 8 heteroatoms. The lowest BCUT2D eigenvalue weighted by Gasteiger charge is -2.30. The quantitative estimate of drug-likeness (QED) is 0.211. The second-order valence-corrected chi connectivity index (χ2v) is 3.46. The Balaban J connectivity index is 4.38. The minimum absolute atomic E-state index is 0.00108. The fourth-order valence-corrected chi connectivity index (χ4v) is 1.18. The Bertz CT molecular complexity index is 202. The SMILES string of the molecule is N[C@@H](CS)C(O)(O)N[C@@H](CS)C(=O)O.